The van der Waals surface area contributed by atoms with Crippen LogP contribution in [0, 0.1) is 0 Å². The van der Waals surface area contributed by atoms with Crippen LogP contribution in [0.2, 0.25) is 0 Å². The van der Waals surface area contributed by atoms with Crippen molar-refractivity contribution in [3.8, 4) is 16.9 Å². The molecule has 1 N–H and O–H groups in total. The minimum absolute atomic E-state index is 0.277. The maximum absolute atomic E-state index is 11.5. The zero-order valence-electron chi connectivity index (χ0n) is 13.6. The lowest BCUT2D eigenvalue weighted by molar-refractivity contribution is 0.0697. The van der Waals surface area contributed by atoms with Gasteiger partial charge in [-0.25, -0.2) is 4.79 Å². The molecule has 0 amide bonds. The van der Waals surface area contributed by atoms with Crippen molar-refractivity contribution in [1.29, 1.82) is 0 Å². The molecule has 0 saturated carbocycles. The van der Waals surface area contributed by atoms with Gasteiger partial charge in [-0.2, -0.15) is 0 Å². The van der Waals surface area contributed by atoms with Gasteiger partial charge >= 0.3 is 5.97 Å². The normalized spacial score (nSPS) is 10.5. The fourth-order valence-corrected chi connectivity index (χ4v) is 2.56. The largest absolute Gasteiger partial charge is 0.494 e. The lowest BCUT2D eigenvalue weighted by Crippen LogP contribution is -2.02. The summed E-state index contributed by atoms with van der Waals surface area (Å²) in [6.45, 7) is 2.83. The highest BCUT2D eigenvalue weighted by Crippen LogP contribution is 2.27. The van der Waals surface area contributed by atoms with E-state index < -0.39 is 5.97 Å². The Kier molecular flexibility index (Phi) is 6.67. The molecule has 0 aliphatic rings. The second-order valence-electron chi connectivity index (χ2n) is 5.64. The standard InChI is InChI=1S/C20H24O3/c1-2-3-4-5-9-14-23-17-12-13-18(19(15-17)20(21)22)16-10-7-6-8-11-16/h6-8,10-13,15H,2-5,9,14H2,1H3,(H,21,22). The highest BCUT2D eigenvalue weighted by Gasteiger charge is 2.13. The summed E-state index contributed by atoms with van der Waals surface area (Å²) >= 11 is 0. The van der Waals surface area contributed by atoms with E-state index in [1.165, 1.54) is 19.3 Å². The van der Waals surface area contributed by atoms with Gasteiger partial charge in [0.05, 0.1) is 12.2 Å². The van der Waals surface area contributed by atoms with E-state index in [1.54, 1.807) is 6.07 Å². The fourth-order valence-electron chi connectivity index (χ4n) is 2.56. The van der Waals surface area contributed by atoms with Crippen LogP contribution in [0.25, 0.3) is 11.1 Å². The van der Waals surface area contributed by atoms with Crippen LogP contribution in [-0.4, -0.2) is 17.7 Å². The van der Waals surface area contributed by atoms with E-state index in [0.717, 1.165) is 18.4 Å². The first kappa shape index (κ1) is 17.1. The molecule has 0 aliphatic carbocycles. The van der Waals surface area contributed by atoms with Crippen molar-refractivity contribution in [3.63, 3.8) is 0 Å². The highest BCUT2D eigenvalue weighted by molar-refractivity contribution is 5.96. The van der Waals surface area contributed by atoms with Crippen LogP contribution < -0.4 is 4.74 Å². The zero-order valence-corrected chi connectivity index (χ0v) is 13.6. The van der Waals surface area contributed by atoms with Crippen LogP contribution in [0.5, 0.6) is 5.75 Å². The quantitative estimate of drug-likeness (QED) is 0.630. The number of hydrogen-bond donors (Lipinski definition) is 1. The molecule has 0 aliphatic heterocycles. The Hall–Kier alpha value is -2.29. The number of carbonyl (C=O) groups is 1. The molecule has 3 heteroatoms. The average molecular weight is 312 g/mol. The lowest BCUT2D eigenvalue weighted by atomic mass is 9.99. The third-order valence-corrected chi connectivity index (χ3v) is 3.82. The van der Waals surface area contributed by atoms with Crippen LogP contribution in [0.4, 0.5) is 0 Å². The average Bonchev–Trinajstić information content (AvgIpc) is 2.58. The van der Waals surface area contributed by atoms with Crippen molar-refractivity contribution in [3.05, 3.63) is 54.1 Å². The number of rotatable bonds is 9. The predicted octanol–water partition coefficient (Wildman–Crippen LogP) is 5.40. The van der Waals surface area contributed by atoms with Gasteiger partial charge in [0.15, 0.2) is 0 Å². The van der Waals surface area contributed by atoms with Crippen molar-refractivity contribution >= 4 is 5.97 Å². The summed E-state index contributed by atoms with van der Waals surface area (Å²) in [7, 11) is 0. The van der Waals surface area contributed by atoms with Gasteiger partial charge < -0.3 is 9.84 Å². The molecule has 23 heavy (non-hydrogen) atoms. The van der Waals surface area contributed by atoms with E-state index in [0.29, 0.717) is 17.9 Å². The van der Waals surface area contributed by atoms with Gasteiger partial charge in [-0.1, -0.05) is 62.9 Å². The van der Waals surface area contributed by atoms with E-state index in [1.807, 2.05) is 42.5 Å². The molecule has 0 heterocycles. The number of benzene rings is 2. The highest BCUT2D eigenvalue weighted by atomic mass is 16.5. The first-order valence-corrected chi connectivity index (χ1v) is 8.28. The summed E-state index contributed by atoms with van der Waals surface area (Å²) in [4.78, 5) is 11.5. The number of unbranched alkanes of at least 4 members (excludes halogenated alkanes) is 4. The predicted molar refractivity (Wildman–Crippen MR) is 93.1 cm³/mol. The third kappa shape index (κ3) is 5.13. The zero-order chi connectivity index (χ0) is 16.5. The molecular weight excluding hydrogens is 288 g/mol. The first-order valence-electron chi connectivity index (χ1n) is 8.28. The summed E-state index contributed by atoms with van der Waals surface area (Å²) in [6.07, 6.45) is 5.87. The van der Waals surface area contributed by atoms with Crippen molar-refractivity contribution in [1.82, 2.24) is 0 Å². The van der Waals surface area contributed by atoms with Gasteiger partial charge in [0, 0.05) is 0 Å². The molecule has 0 saturated heterocycles. The minimum atomic E-state index is -0.933. The minimum Gasteiger partial charge on any atom is -0.494 e. The Balaban J connectivity index is 2.03. The van der Waals surface area contributed by atoms with E-state index in [2.05, 4.69) is 6.92 Å². The number of aromatic carboxylic acids is 1. The maximum atomic E-state index is 11.5. The monoisotopic (exact) mass is 312 g/mol. The van der Waals surface area contributed by atoms with E-state index in [4.69, 9.17) is 4.74 Å². The van der Waals surface area contributed by atoms with Gasteiger partial charge in [-0.3, -0.25) is 0 Å². The number of carboxylic acid groups (broad SMARTS) is 1. The Morgan fingerprint density at radius 1 is 1.00 bits per heavy atom. The molecule has 2 aromatic carbocycles. The van der Waals surface area contributed by atoms with Crippen LogP contribution in [0.3, 0.4) is 0 Å². The number of hydrogen-bond acceptors (Lipinski definition) is 2. The van der Waals surface area contributed by atoms with Crippen molar-refractivity contribution in [2.45, 2.75) is 39.0 Å². The van der Waals surface area contributed by atoms with Crippen LogP contribution >= 0.6 is 0 Å². The molecule has 0 aromatic heterocycles. The third-order valence-electron chi connectivity index (χ3n) is 3.82. The Morgan fingerprint density at radius 3 is 2.43 bits per heavy atom. The first-order chi connectivity index (χ1) is 11.2. The van der Waals surface area contributed by atoms with E-state index in [-0.39, 0.29) is 5.56 Å². The molecule has 0 unspecified atom stereocenters. The van der Waals surface area contributed by atoms with Crippen molar-refractivity contribution in [2.24, 2.45) is 0 Å². The molecular formula is C20H24O3. The topological polar surface area (TPSA) is 46.5 Å². The van der Waals surface area contributed by atoms with Gasteiger partial charge in [0.25, 0.3) is 0 Å². The molecule has 2 rings (SSSR count). The molecule has 3 nitrogen and oxygen atoms in total. The maximum Gasteiger partial charge on any atom is 0.336 e. The van der Waals surface area contributed by atoms with Gasteiger partial charge in [0.2, 0.25) is 0 Å². The second-order valence-corrected chi connectivity index (χ2v) is 5.64. The Morgan fingerprint density at radius 2 is 1.74 bits per heavy atom. The van der Waals surface area contributed by atoms with Gasteiger partial charge in [-0.15, -0.1) is 0 Å². The number of ether oxygens (including phenoxy) is 1. The second kappa shape index (κ2) is 8.99. The van der Waals surface area contributed by atoms with Crippen molar-refractivity contribution in [2.75, 3.05) is 6.61 Å². The van der Waals surface area contributed by atoms with Crippen LogP contribution in [-0.2, 0) is 0 Å². The Labute approximate surface area is 137 Å². The molecule has 122 valence electrons. The summed E-state index contributed by atoms with van der Waals surface area (Å²) in [5, 5.41) is 9.46. The van der Waals surface area contributed by atoms with Crippen LogP contribution in [0.15, 0.2) is 48.5 Å². The SMILES string of the molecule is CCCCCCCOc1ccc(-c2ccccc2)c(C(=O)O)c1. The van der Waals surface area contributed by atoms with E-state index in [9.17, 15) is 9.90 Å². The van der Waals surface area contributed by atoms with Crippen molar-refractivity contribution < 1.29 is 14.6 Å². The molecule has 2 aromatic rings. The summed E-state index contributed by atoms with van der Waals surface area (Å²) in [6, 6.07) is 14.8. The smallest absolute Gasteiger partial charge is 0.336 e. The lowest BCUT2D eigenvalue weighted by Gasteiger charge is -2.11. The molecule has 0 bridgehead atoms. The fraction of sp³-hybridized carbons (Fsp3) is 0.350. The van der Waals surface area contributed by atoms with E-state index >= 15 is 0 Å². The molecule has 0 atom stereocenters. The molecule has 0 fully saturated rings. The number of carboxylic acids is 1. The molecule has 0 radical (unpaired) electrons. The van der Waals surface area contributed by atoms with Crippen LogP contribution in [0.1, 0.15) is 49.4 Å². The van der Waals surface area contributed by atoms with Gasteiger partial charge in [0.1, 0.15) is 5.75 Å². The summed E-state index contributed by atoms with van der Waals surface area (Å²) in [5.74, 6) is -0.310. The molecule has 0 spiro atoms. The summed E-state index contributed by atoms with van der Waals surface area (Å²) < 4.78 is 5.70. The van der Waals surface area contributed by atoms with Gasteiger partial charge in [-0.05, 0) is 35.7 Å². The Bertz CT molecular complexity index is 620. The summed E-state index contributed by atoms with van der Waals surface area (Å²) in [5.41, 5.74) is 1.89.